The molecule has 0 amide bonds. The van der Waals surface area contributed by atoms with E-state index in [1.165, 1.54) is 47.5 Å². The molecule has 0 aliphatic rings. The molecule has 1 nitrogen and oxygen atoms in total. The Bertz CT molecular complexity index is 834. The minimum atomic E-state index is 0.259. The molecule has 0 aliphatic carbocycles. The standard InChI is InChI=1S/C26H31N/c1-5-20-26(4,6-2)22-14-18-25(19-15-22)27(23-10-8-7-9-11-23)24-16-12-21(3)13-17-24/h7-19H,5-6,20H2,1-4H3. The van der Waals surface area contributed by atoms with Crippen LogP contribution >= 0.6 is 0 Å². The van der Waals surface area contributed by atoms with E-state index in [0.717, 1.165) is 0 Å². The summed E-state index contributed by atoms with van der Waals surface area (Å²) in [6.45, 7) is 9.09. The summed E-state index contributed by atoms with van der Waals surface area (Å²) in [4.78, 5) is 2.33. The van der Waals surface area contributed by atoms with Crippen LogP contribution in [-0.4, -0.2) is 0 Å². The summed E-state index contributed by atoms with van der Waals surface area (Å²) < 4.78 is 0. The Morgan fingerprint density at radius 2 is 1.22 bits per heavy atom. The van der Waals surface area contributed by atoms with Gasteiger partial charge in [0.1, 0.15) is 0 Å². The Morgan fingerprint density at radius 1 is 0.704 bits per heavy atom. The first-order valence-electron chi connectivity index (χ1n) is 10.1. The molecule has 3 aromatic carbocycles. The van der Waals surface area contributed by atoms with E-state index in [1.54, 1.807) is 0 Å². The highest BCUT2D eigenvalue weighted by molar-refractivity contribution is 5.76. The van der Waals surface area contributed by atoms with E-state index in [0.29, 0.717) is 0 Å². The molecule has 0 saturated carbocycles. The van der Waals surface area contributed by atoms with Gasteiger partial charge in [0, 0.05) is 17.1 Å². The van der Waals surface area contributed by atoms with Gasteiger partial charge in [-0.2, -0.15) is 0 Å². The molecule has 27 heavy (non-hydrogen) atoms. The molecule has 0 heterocycles. The lowest BCUT2D eigenvalue weighted by Crippen LogP contribution is -2.20. The average Bonchev–Trinajstić information content (AvgIpc) is 2.71. The highest BCUT2D eigenvalue weighted by Crippen LogP contribution is 2.37. The lowest BCUT2D eigenvalue weighted by atomic mass is 9.76. The van der Waals surface area contributed by atoms with Gasteiger partial charge in [-0.25, -0.2) is 0 Å². The summed E-state index contributed by atoms with van der Waals surface area (Å²) in [5.41, 5.74) is 6.54. The van der Waals surface area contributed by atoms with Crippen molar-refractivity contribution in [2.45, 2.75) is 52.4 Å². The monoisotopic (exact) mass is 357 g/mol. The molecule has 3 rings (SSSR count). The summed E-state index contributed by atoms with van der Waals surface area (Å²) in [5, 5.41) is 0. The van der Waals surface area contributed by atoms with Gasteiger partial charge in [-0.1, -0.05) is 75.2 Å². The van der Waals surface area contributed by atoms with E-state index >= 15 is 0 Å². The van der Waals surface area contributed by atoms with E-state index in [1.807, 2.05) is 0 Å². The summed E-state index contributed by atoms with van der Waals surface area (Å²) in [5.74, 6) is 0. The Labute approximate surface area is 164 Å². The van der Waals surface area contributed by atoms with Gasteiger partial charge in [0.25, 0.3) is 0 Å². The molecule has 1 unspecified atom stereocenters. The maximum absolute atomic E-state index is 2.39. The predicted octanol–water partition coefficient (Wildman–Crippen LogP) is 7.93. The van der Waals surface area contributed by atoms with Crippen LogP contribution in [-0.2, 0) is 5.41 Å². The first-order chi connectivity index (χ1) is 13.1. The molecule has 0 aromatic heterocycles. The zero-order valence-corrected chi connectivity index (χ0v) is 17.1. The van der Waals surface area contributed by atoms with Gasteiger partial charge in [-0.15, -0.1) is 0 Å². The van der Waals surface area contributed by atoms with Crippen LogP contribution in [0.3, 0.4) is 0 Å². The number of benzene rings is 3. The van der Waals surface area contributed by atoms with Gasteiger partial charge >= 0.3 is 0 Å². The second-order valence-corrected chi connectivity index (χ2v) is 7.72. The van der Waals surface area contributed by atoms with Crippen molar-refractivity contribution >= 4 is 17.1 Å². The zero-order chi connectivity index (χ0) is 19.3. The third-order valence-electron chi connectivity index (χ3n) is 5.71. The number of rotatable bonds is 7. The van der Waals surface area contributed by atoms with Gasteiger partial charge < -0.3 is 4.90 Å². The zero-order valence-electron chi connectivity index (χ0n) is 17.1. The normalized spacial score (nSPS) is 13.2. The molecular weight excluding hydrogens is 326 g/mol. The van der Waals surface area contributed by atoms with Crippen molar-refractivity contribution in [3.63, 3.8) is 0 Å². The maximum Gasteiger partial charge on any atom is 0.0461 e. The molecule has 1 heteroatoms. The summed E-state index contributed by atoms with van der Waals surface area (Å²) in [6, 6.07) is 28.5. The Hall–Kier alpha value is -2.54. The van der Waals surface area contributed by atoms with Crippen LogP contribution in [0.2, 0.25) is 0 Å². The van der Waals surface area contributed by atoms with Crippen molar-refractivity contribution < 1.29 is 0 Å². The third kappa shape index (κ3) is 4.24. The van der Waals surface area contributed by atoms with Crippen molar-refractivity contribution in [3.8, 4) is 0 Å². The minimum Gasteiger partial charge on any atom is -0.311 e. The minimum absolute atomic E-state index is 0.259. The predicted molar refractivity (Wildman–Crippen MR) is 118 cm³/mol. The Balaban J connectivity index is 2.02. The third-order valence-corrected chi connectivity index (χ3v) is 5.71. The molecule has 0 radical (unpaired) electrons. The van der Waals surface area contributed by atoms with Crippen LogP contribution < -0.4 is 4.90 Å². The molecule has 0 saturated heterocycles. The molecule has 0 N–H and O–H groups in total. The highest BCUT2D eigenvalue weighted by Gasteiger charge is 2.23. The second kappa shape index (κ2) is 8.43. The van der Waals surface area contributed by atoms with Crippen molar-refractivity contribution in [3.05, 3.63) is 90.0 Å². The second-order valence-electron chi connectivity index (χ2n) is 7.72. The molecule has 0 fully saturated rings. The fraction of sp³-hybridized carbons (Fsp3) is 0.308. The van der Waals surface area contributed by atoms with Crippen molar-refractivity contribution in [2.24, 2.45) is 0 Å². The molecule has 0 spiro atoms. The van der Waals surface area contributed by atoms with Crippen LogP contribution in [0.4, 0.5) is 17.1 Å². The van der Waals surface area contributed by atoms with Crippen LogP contribution in [0.1, 0.15) is 51.2 Å². The molecular formula is C26H31N. The topological polar surface area (TPSA) is 3.24 Å². The largest absolute Gasteiger partial charge is 0.311 e. The van der Waals surface area contributed by atoms with Gasteiger partial charge in [0.2, 0.25) is 0 Å². The van der Waals surface area contributed by atoms with Crippen LogP contribution in [0.5, 0.6) is 0 Å². The number of hydrogen-bond donors (Lipinski definition) is 0. The van der Waals surface area contributed by atoms with Crippen molar-refractivity contribution in [1.82, 2.24) is 0 Å². The summed E-state index contributed by atoms with van der Waals surface area (Å²) in [6.07, 6.45) is 3.61. The van der Waals surface area contributed by atoms with Crippen molar-refractivity contribution in [2.75, 3.05) is 4.90 Å². The van der Waals surface area contributed by atoms with Gasteiger partial charge in [0.15, 0.2) is 0 Å². The highest BCUT2D eigenvalue weighted by atomic mass is 15.1. The molecule has 0 bridgehead atoms. The Kier molecular flexibility index (Phi) is 6.01. The van der Waals surface area contributed by atoms with Gasteiger partial charge in [-0.3, -0.25) is 0 Å². The smallest absolute Gasteiger partial charge is 0.0461 e. The molecule has 0 aliphatic heterocycles. The van der Waals surface area contributed by atoms with Gasteiger partial charge in [0.05, 0.1) is 0 Å². The first-order valence-corrected chi connectivity index (χ1v) is 10.1. The van der Waals surface area contributed by atoms with E-state index in [4.69, 9.17) is 0 Å². The molecule has 140 valence electrons. The number of aryl methyl sites for hydroxylation is 1. The fourth-order valence-electron chi connectivity index (χ4n) is 3.81. The van der Waals surface area contributed by atoms with Crippen LogP contribution in [0.15, 0.2) is 78.9 Å². The van der Waals surface area contributed by atoms with Crippen LogP contribution in [0, 0.1) is 6.92 Å². The molecule has 1 atom stereocenters. The van der Waals surface area contributed by atoms with E-state index < -0.39 is 0 Å². The fourth-order valence-corrected chi connectivity index (χ4v) is 3.81. The van der Waals surface area contributed by atoms with E-state index in [9.17, 15) is 0 Å². The lowest BCUT2D eigenvalue weighted by molar-refractivity contribution is 0.414. The summed E-state index contributed by atoms with van der Waals surface area (Å²) in [7, 11) is 0. The Morgan fingerprint density at radius 3 is 1.74 bits per heavy atom. The SMILES string of the molecule is CCCC(C)(CC)c1ccc(N(c2ccccc2)c2ccc(C)cc2)cc1. The lowest BCUT2D eigenvalue weighted by Gasteiger charge is -2.30. The molecule has 3 aromatic rings. The number of hydrogen-bond acceptors (Lipinski definition) is 1. The van der Waals surface area contributed by atoms with E-state index in [2.05, 4.69) is 111 Å². The van der Waals surface area contributed by atoms with Crippen molar-refractivity contribution in [1.29, 1.82) is 0 Å². The summed E-state index contributed by atoms with van der Waals surface area (Å²) >= 11 is 0. The van der Waals surface area contributed by atoms with Crippen LogP contribution in [0.25, 0.3) is 0 Å². The number of anilines is 3. The van der Waals surface area contributed by atoms with Gasteiger partial charge in [-0.05, 0) is 67.1 Å². The average molecular weight is 358 g/mol. The number of nitrogens with zero attached hydrogens (tertiary/aromatic N) is 1. The quantitative estimate of drug-likeness (QED) is 0.415. The number of para-hydroxylation sites is 1. The maximum atomic E-state index is 2.39. The van der Waals surface area contributed by atoms with E-state index in [-0.39, 0.29) is 5.41 Å². The first kappa shape index (κ1) is 19.2.